The first kappa shape index (κ1) is 12.1. The number of hydrogen-bond donors (Lipinski definition) is 0. The van der Waals surface area contributed by atoms with E-state index in [1.54, 1.807) is 6.92 Å². The van der Waals surface area contributed by atoms with Gasteiger partial charge in [0.1, 0.15) is 12.7 Å². The molecule has 6 heteroatoms. The van der Waals surface area contributed by atoms with Crippen molar-refractivity contribution in [2.45, 2.75) is 37.1 Å². The molecule has 1 saturated carbocycles. The van der Waals surface area contributed by atoms with E-state index in [0.717, 1.165) is 0 Å². The Morgan fingerprint density at radius 1 is 1.36 bits per heavy atom. The lowest BCUT2D eigenvalue weighted by molar-refractivity contribution is -0.213. The van der Waals surface area contributed by atoms with E-state index in [-0.39, 0.29) is 5.38 Å². The quantitative estimate of drug-likeness (QED) is 0.693. The Morgan fingerprint density at radius 2 is 2.00 bits per heavy atom. The third-order valence-corrected chi connectivity index (χ3v) is 2.43. The van der Waals surface area contributed by atoms with Crippen molar-refractivity contribution in [3.8, 4) is 0 Å². The molecule has 0 radical (unpaired) electrons. The van der Waals surface area contributed by atoms with E-state index >= 15 is 0 Å². The maximum atomic E-state index is 11.8. The van der Waals surface area contributed by atoms with E-state index in [2.05, 4.69) is 4.74 Å². The van der Waals surface area contributed by atoms with E-state index < -0.39 is 25.0 Å². The van der Waals surface area contributed by atoms with Crippen LogP contribution < -0.4 is 0 Å². The summed E-state index contributed by atoms with van der Waals surface area (Å²) in [5.74, 6) is 0. The average molecular weight is 233 g/mol. The van der Waals surface area contributed by atoms with E-state index in [4.69, 9.17) is 16.3 Å². The van der Waals surface area contributed by atoms with E-state index in [1.807, 2.05) is 0 Å². The first-order valence-corrected chi connectivity index (χ1v) is 4.81. The van der Waals surface area contributed by atoms with Gasteiger partial charge in [0.25, 0.3) is 0 Å². The van der Waals surface area contributed by atoms with Crippen LogP contribution >= 0.6 is 11.6 Å². The highest BCUT2D eigenvalue weighted by Crippen LogP contribution is 2.32. The second-order valence-electron chi connectivity index (χ2n) is 3.14. The van der Waals surface area contributed by atoms with E-state index in [0.29, 0.717) is 13.0 Å². The van der Waals surface area contributed by atoms with Gasteiger partial charge in [0.2, 0.25) is 0 Å². The highest BCUT2D eigenvalue weighted by Gasteiger charge is 2.43. The maximum absolute atomic E-state index is 11.8. The van der Waals surface area contributed by atoms with Crippen LogP contribution in [0.4, 0.5) is 13.2 Å². The molecule has 0 bridgehead atoms. The predicted molar refractivity (Wildman–Crippen MR) is 45.5 cm³/mol. The molecule has 0 aromatic rings. The summed E-state index contributed by atoms with van der Waals surface area (Å²) in [6.45, 7) is 0.966. The summed E-state index contributed by atoms with van der Waals surface area (Å²) in [7, 11) is 0. The van der Waals surface area contributed by atoms with Crippen molar-refractivity contribution in [1.29, 1.82) is 0 Å². The van der Waals surface area contributed by atoms with Crippen molar-refractivity contribution in [2.75, 3.05) is 13.2 Å². The first-order valence-electron chi connectivity index (χ1n) is 4.38. The molecule has 84 valence electrons. The minimum absolute atomic E-state index is 0.229. The molecule has 1 rings (SSSR count). The van der Waals surface area contributed by atoms with Crippen molar-refractivity contribution in [2.24, 2.45) is 0 Å². The maximum Gasteiger partial charge on any atom is 0.411 e. The third kappa shape index (κ3) is 3.29. The molecule has 1 aliphatic rings. The Hall–Kier alpha value is -0.0000000000000000555. The molecular formula is C8H12ClF3O2. The van der Waals surface area contributed by atoms with Crippen LogP contribution in [0.5, 0.6) is 0 Å². The summed E-state index contributed by atoms with van der Waals surface area (Å²) in [5, 5.41) is -0.229. The van der Waals surface area contributed by atoms with Gasteiger partial charge in [0.05, 0.1) is 11.5 Å². The molecule has 1 aliphatic carbocycles. The number of alkyl halides is 4. The monoisotopic (exact) mass is 232 g/mol. The molecule has 1 fully saturated rings. The number of hydrogen-bond acceptors (Lipinski definition) is 2. The molecule has 2 nitrogen and oxygen atoms in total. The molecule has 0 aliphatic heterocycles. The zero-order valence-electron chi connectivity index (χ0n) is 7.68. The topological polar surface area (TPSA) is 18.5 Å². The van der Waals surface area contributed by atoms with Crippen LogP contribution in [0.25, 0.3) is 0 Å². The lowest BCUT2D eigenvalue weighted by Crippen LogP contribution is -2.51. The number of halogens is 4. The highest BCUT2D eigenvalue weighted by atomic mass is 35.5. The van der Waals surface area contributed by atoms with Gasteiger partial charge in [-0.1, -0.05) is 0 Å². The molecule has 3 unspecified atom stereocenters. The molecule has 0 saturated heterocycles. The smallest absolute Gasteiger partial charge is 0.374 e. The zero-order valence-corrected chi connectivity index (χ0v) is 8.44. The first-order chi connectivity index (χ1) is 6.44. The lowest BCUT2D eigenvalue weighted by atomic mass is 9.91. The van der Waals surface area contributed by atoms with Gasteiger partial charge in [0.15, 0.2) is 0 Å². The predicted octanol–water partition coefficient (Wildman–Crippen LogP) is 2.35. The fourth-order valence-corrected chi connectivity index (χ4v) is 1.71. The molecule has 0 aromatic carbocycles. The van der Waals surface area contributed by atoms with E-state index in [9.17, 15) is 13.2 Å². The SMILES string of the molecule is CCOC1C(Cl)CC1OCC(F)(F)F. The largest absolute Gasteiger partial charge is 0.411 e. The van der Waals surface area contributed by atoms with Gasteiger partial charge in [-0.3, -0.25) is 0 Å². The second-order valence-corrected chi connectivity index (χ2v) is 3.70. The van der Waals surface area contributed by atoms with Crippen molar-refractivity contribution < 1.29 is 22.6 Å². The minimum atomic E-state index is -4.28. The van der Waals surface area contributed by atoms with Gasteiger partial charge in [-0.2, -0.15) is 13.2 Å². The van der Waals surface area contributed by atoms with Gasteiger partial charge in [-0.15, -0.1) is 11.6 Å². The third-order valence-electron chi connectivity index (χ3n) is 2.00. The van der Waals surface area contributed by atoms with Crippen molar-refractivity contribution in [1.82, 2.24) is 0 Å². The second kappa shape index (κ2) is 4.68. The van der Waals surface area contributed by atoms with Crippen LogP contribution in [-0.4, -0.2) is 37.0 Å². The summed E-state index contributed by atoms with van der Waals surface area (Å²) in [5.41, 5.74) is 0. The number of rotatable bonds is 4. The van der Waals surface area contributed by atoms with Crippen molar-refractivity contribution in [3.05, 3.63) is 0 Å². The molecule has 0 amide bonds. The summed E-state index contributed by atoms with van der Waals surface area (Å²) in [4.78, 5) is 0. The standard InChI is InChI=1S/C8H12ClF3O2/c1-2-13-7-5(9)3-6(7)14-4-8(10,11)12/h5-7H,2-4H2,1H3. The average Bonchev–Trinajstić information content (AvgIpc) is 2.06. The van der Waals surface area contributed by atoms with E-state index in [1.165, 1.54) is 0 Å². The van der Waals surface area contributed by atoms with Gasteiger partial charge < -0.3 is 9.47 Å². The zero-order chi connectivity index (χ0) is 10.8. The molecule has 0 aromatic heterocycles. The fraction of sp³-hybridized carbons (Fsp3) is 1.00. The van der Waals surface area contributed by atoms with Gasteiger partial charge in [-0.25, -0.2) is 0 Å². The van der Waals surface area contributed by atoms with Crippen LogP contribution in [0.1, 0.15) is 13.3 Å². The minimum Gasteiger partial charge on any atom is -0.374 e. The summed E-state index contributed by atoms with van der Waals surface area (Å²) >= 11 is 5.75. The lowest BCUT2D eigenvalue weighted by Gasteiger charge is -2.40. The Labute approximate surface area is 85.3 Å². The van der Waals surface area contributed by atoms with Crippen LogP contribution in [0.3, 0.4) is 0 Å². The molecule has 0 heterocycles. The Bertz CT molecular complexity index is 186. The van der Waals surface area contributed by atoms with Crippen LogP contribution in [0.2, 0.25) is 0 Å². The molecule has 0 N–H and O–H groups in total. The summed E-state index contributed by atoms with van der Waals surface area (Å²) in [6.07, 6.45) is -4.78. The molecule has 14 heavy (non-hydrogen) atoms. The molecular weight excluding hydrogens is 221 g/mol. The van der Waals surface area contributed by atoms with Crippen LogP contribution in [0, 0.1) is 0 Å². The van der Waals surface area contributed by atoms with Crippen molar-refractivity contribution >= 4 is 11.6 Å². The highest BCUT2D eigenvalue weighted by molar-refractivity contribution is 6.21. The molecule has 0 spiro atoms. The Morgan fingerprint density at radius 3 is 2.43 bits per heavy atom. The van der Waals surface area contributed by atoms with Crippen LogP contribution in [0.15, 0.2) is 0 Å². The number of ether oxygens (including phenoxy) is 2. The Kier molecular flexibility index (Phi) is 4.04. The van der Waals surface area contributed by atoms with Crippen LogP contribution in [-0.2, 0) is 9.47 Å². The van der Waals surface area contributed by atoms with Gasteiger partial charge in [-0.05, 0) is 13.3 Å². The van der Waals surface area contributed by atoms with Gasteiger partial charge in [0, 0.05) is 6.61 Å². The van der Waals surface area contributed by atoms with Crippen molar-refractivity contribution in [3.63, 3.8) is 0 Å². The normalized spacial score (nSPS) is 32.8. The summed E-state index contributed by atoms with van der Waals surface area (Å²) in [6, 6.07) is 0. The fourth-order valence-electron chi connectivity index (χ4n) is 1.30. The summed E-state index contributed by atoms with van der Waals surface area (Å²) < 4.78 is 45.2. The van der Waals surface area contributed by atoms with Gasteiger partial charge >= 0.3 is 6.18 Å². The Balaban J connectivity index is 2.26. The molecule has 3 atom stereocenters.